The van der Waals surface area contributed by atoms with Crippen molar-refractivity contribution in [3.05, 3.63) is 23.2 Å². The first-order valence-electron chi connectivity index (χ1n) is 5.22. The minimum atomic E-state index is -0.304. The van der Waals surface area contributed by atoms with Crippen LogP contribution in [-0.2, 0) is 5.75 Å². The smallest absolute Gasteiger partial charge is 0.268 e. The lowest BCUT2D eigenvalue weighted by molar-refractivity contribution is 0.0952. The molecule has 1 amide bonds. The van der Waals surface area contributed by atoms with E-state index in [1.165, 1.54) is 0 Å². The Labute approximate surface area is 99.9 Å². The number of thioether (sulfide) groups is 1. The first kappa shape index (κ1) is 13.1. The third-order valence-electron chi connectivity index (χ3n) is 2.04. The van der Waals surface area contributed by atoms with Crippen LogP contribution in [0.15, 0.2) is 10.5 Å². The van der Waals surface area contributed by atoms with Crippen LogP contribution in [0, 0.1) is 12.8 Å². The van der Waals surface area contributed by atoms with Crippen molar-refractivity contribution in [3.63, 3.8) is 0 Å². The van der Waals surface area contributed by atoms with E-state index in [0.29, 0.717) is 17.2 Å². The molecule has 1 aromatic rings. The quantitative estimate of drug-likeness (QED) is 0.471. The fourth-order valence-electron chi connectivity index (χ4n) is 1.31. The van der Waals surface area contributed by atoms with Gasteiger partial charge in [0.15, 0.2) is 0 Å². The zero-order chi connectivity index (χ0) is 12.1. The monoisotopic (exact) mass is 242 g/mol. The van der Waals surface area contributed by atoms with Gasteiger partial charge in [-0.25, -0.2) is 5.84 Å². The maximum atomic E-state index is 11.3. The van der Waals surface area contributed by atoms with Crippen molar-refractivity contribution in [1.82, 2.24) is 5.43 Å². The summed E-state index contributed by atoms with van der Waals surface area (Å²) in [5.41, 5.74) is 2.62. The number of hydrogen-bond donors (Lipinski definition) is 2. The zero-order valence-electron chi connectivity index (χ0n) is 9.87. The van der Waals surface area contributed by atoms with Crippen molar-refractivity contribution in [2.45, 2.75) is 26.5 Å². The Morgan fingerprint density at radius 3 is 2.88 bits per heavy atom. The molecule has 90 valence electrons. The molecule has 0 unspecified atom stereocenters. The Kier molecular flexibility index (Phi) is 4.89. The summed E-state index contributed by atoms with van der Waals surface area (Å²) in [6.45, 7) is 6.11. The molecule has 0 saturated heterocycles. The second-order valence-electron chi connectivity index (χ2n) is 4.07. The Bertz CT molecular complexity index is 361. The number of nitrogens with one attached hydrogen (secondary N) is 1. The van der Waals surface area contributed by atoms with Crippen molar-refractivity contribution in [2.24, 2.45) is 11.8 Å². The molecule has 16 heavy (non-hydrogen) atoms. The molecule has 0 radical (unpaired) electrons. The molecule has 5 heteroatoms. The van der Waals surface area contributed by atoms with Gasteiger partial charge in [-0.3, -0.25) is 10.2 Å². The summed E-state index contributed by atoms with van der Waals surface area (Å²) in [5.74, 6) is 8.74. The first-order valence-corrected chi connectivity index (χ1v) is 6.38. The highest BCUT2D eigenvalue weighted by atomic mass is 32.2. The van der Waals surface area contributed by atoms with Gasteiger partial charge >= 0.3 is 0 Å². The van der Waals surface area contributed by atoms with Gasteiger partial charge < -0.3 is 4.42 Å². The molecule has 0 atom stereocenters. The van der Waals surface area contributed by atoms with Gasteiger partial charge in [0.25, 0.3) is 5.91 Å². The average Bonchev–Trinajstić information content (AvgIpc) is 2.58. The van der Waals surface area contributed by atoms with E-state index in [2.05, 4.69) is 19.3 Å². The van der Waals surface area contributed by atoms with Gasteiger partial charge in [-0.1, -0.05) is 13.8 Å². The molecule has 1 aromatic heterocycles. The molecular formula is C11H18N2O2S. The molecule has 1 rings (SSSR count). The SMILES string of the molecule is Cc1oc(CSCC(C)C)cc1C(=O)NN. The normalized spacial score (nSPS) is 10.8. The number of carbonyl (C=O) groups is 1. The summed E-state index contributed by atoms with van der Waals surface area (Å²) in [4.78, 5) is 11.3. The summed E-state index contributed by atoms with van der Waals surface area (Å²) in [5, 5.41) is 0. The second kappa shape index (κ2) is 5.96. The van der Waals surface area contributed by atoms with Crippen molar-refractivity contribution >= 4 is 17.7 Å². The second-order valence-corrected chi connectivity index (χ2v) is 5.10. The van der Waals surface area contributed by atoms with Crippen LogP contribution >= 0.6 is 11.8 Å². The van der Waals surface area contributed by atoms with E-state index in [0.717, 1.165) is 17.3 Å². The highest BCUT2D eigenvalue weighted by Gasteiger charge is 2.13. The van der Waals surface area contributed by atoms with Crippen LogP contribution < -0.4 is 11.3 Å². The third kappa shape index (κ3) is 3.57. The Morgan fingerprint density at radius 2 is 2.31 bits per heavy atom. The molecule has 0 bridgehead atoms. The largest absolute Gasteiger partial charge is 0.465 e. The number of nitrogens with two attached hydrogens (primary N) is 1. The Balaban J connectivity index is 2.59. The minimum Gasteiger partial charge on any atom is -0.465 e. The first-order chi connectivity index (χ1) is 7.54. The zero-order valence-corrected chi connectivity index (χ0v) is 10.7. The van der Waals surface area contributed by atoms with E-state index in [-0.39, 0.29) is 5.91 Å². The molecule has 1 heterocycles. The predicted molar refractivity (Wildman–Crippen MR) is 66.1 cm³/mol. The van der Waals surface area contributed by atoms with Gasteiger partial charge in [-0.2, -0.15) is 11.8 Å². The summed E-state index contributed by atoms with van der Waals surface area (Å²) in [7, 11) is 0. The van der Waals surface area contributed by atoms with Crippen molar-refractivity contribution in [1.29, 1.82) is 0 Å². The lowest BCUT2D eigenvalue weighted by atomic mass is 10.2. The van der Waals surface area contributed by atoms with Crippen LogP contribution in [-0.4, -0.2) is 11.7 Å². The summed E-state index contributed by atoms with van der Waals surface area (Å²) >= 11 is 1.80. The lowest BCUT2D eigenvalue weighted by Gasteiger charge is -2.01. The highest BCUT2D eigenvalue weighted by Crippen LogP contribution is 2.20. The predicted octanol–water partition coefficient (Wildman–Crippen LogP) is 2.08. The lowest BCUT2D eigenvalue weighted by Crippen LogP contribution is -2.30. The van der Waals surface area contributed by atoms with E-state index in [4.69, 9.17) is 10.3 Å². The van der Waals surface area contributed by atoms with E-state index < -0.39 is 0 Å². The molecule has 0 spiro atoms. The van der Waals surface area contributed by atoms with E-state index >= 15 is 0 Å². The van der Waals surface area contributed by atoms with Crippen molar-refractivity contribution in [2.75, 3.05) is 5.75 Å². The molecular weight excluding hydrogens is 224 g/mol. The third-order valence-corrected chi connectivity index (χ3v) is 3.43. The number of amides is 1. The molecule has 0 fully saturated rings. The van der Waals surface area contributed by atoms with E-state index in [1.54, 1.807) is 24.8 Å². The topological polar surface area (TPSA) is 68.3 Å². The summed E-state index contributed by atoms with van der Waals surface area (Å²) < 4.78 is 5.48. The maximum absolute atomic E-state index is 11.3. The molecule has 0 saturated carbocycles. The number of carbonyl (C=O) groups excluding carboxylic acids is 1. The molecule has 0 aliphatic rings. The van der Waals surface area contributed by atoms with Gasteiger partial charge in [0.1, 0.15) is 11.5 Å². The van der Waals surface area contributed by atoms with Crippen LogP contribution in [0.4, 0.5) is 0 Å². The van der Waals surface area contributed by atoms with Crippen LogP contribution in [0.2, 0.25) is 0 Å². The highest BCUT2D eigenvalue weighted by molar-refractivity contribution is 7.98. The molecule has 4 nitrogen and oxygen atoms in total. The number of aryl methyl sites for hydroxylation is 1. The number of hydrazine groups is 1. The number of furan rings is 1. The van der Waals surface area contributed by atoms with Gasteiger partial charge in [0, 0.05) is 0 Å². The minimum absolute atomic E-state index is 0.304. The fourth-order valence-corrected chi connectivity index (χ4v) is 2.25. The standard InChI is InChI=1S/C11H18N2O2S/c1-7(2)5-16-6-9-4-10(8(3)15-9)11(14)13-12/h4,7H,5-6,12H2,1-3H3,(H,13,14). The van der Waals surface area contributed by atoms with Crippen molar-refractivity contribution < 1.29 is 9.21 Å². The maximum Gasteiger partial charge on any atom is 0.268 e. The van der Waals surface area contributed by atoms with Crippen LogP contribution in [0.1, 0.15) is 35.7 Å². The fraction of sp³-hybridized carbons (Fsp3) is 0.545. The Hall–Kier alpha value is -0.940. The van der Waals surface area contributed by atoms with Gasteiger partial charge in [0.05, 0.1) is 11.3 Å². The molecule has 3 N–H and O–H groups in total. The molecule has 0 aromatic carbocycles. The summed E-state index contributed by atoms with van der Waals surface area (Å²) in [6, 6.07) is 1.75. The van der Waals surface area contributed by atoms with Crippen LogP contribution in [0.25, 0.3) is 0 Å². The van der Waals surface area contributed by atoms with Crippen molar-refractivity contribution in [3.8, 4) is 0 Å². The molecule has 0 aliphatic heterocycles. The van der Waals surface area contributed by atoms with Crippen LogP contribution in [0.3, 0.4) is 0 Å². The Morgan fingerprint density at radius 1 is 1.62 bits per heavy atom. The van der Waals surface area contributed by atoms with Crippen LogP contribution in [0.5, 0.6) is 0 Å². The summed E-state index contributed by atoms with van der Waals surface area (Å²) in [6.07, 6.45) is 0. The van der Waals surface area contributed by atoms with Gasteiger partial charge in [-0.05, 0) is 24.7 Å². The average molecular weight is 242 g/mol. The van der Waals surface area contributed by atoms with Gasteiger partial charge in [-0.15, -0.1) is 0 Å². The number of rotatable bonds is 5. The number of nitrogen functional groups attached to an aromatic ring is 1. The molecule has 0 aliphatic carbocycles. The van der Waals surface area contributed by atoms with E-state index in [9.17, 15) is 4.79 Å². The van der Waals surface area contributed by atoms with Gasteiger partial charge in [0.2, 0.25) is 0 Å². The van der Waals surface area contributed by atoms with E-state index in [1.807, 2.05) is 0 Å². The number of hydrogen-bond acceptors (Lipinski definition) is 4.